The lowest BCUT2D eigenvalue weighted by Gasteiger charge is -2.23. The smallest absolute Gasteiger partial charge is 0.301 e. The summed E-state index contributed by atoms with van der Waals surface area (Å²) >= 11 is 5.96. The van der Waals surface area contributed by atoms with Crippen molar-refractivity contribution in [2.75, 3.05) is 18.6 Å². The molecule has 9 heteroatoms. The van der Waals surface area contributed by atoms with Crippen LogP contribution in [0.15, 0.2) is 58.6 Å². The molecule has 8 nitrogen and oxygen atoms in total. The van der Waals surface area contributed by atoms with E-state index in [2.05, 4.69) is 5.16 Å². The van der Waals surface area contributed by atoms with Crippen LogP contribution in [0.5, 0.6) is 11.5 Å². The Labute approximate surface area is 195 Å². The van der Waals surface area contributed by atoms with Crippen LogP contribution >= 0.6 is 11.6 Å². The molecule has 1 N–H and O–H groups in total. The Hall–Kier alpha value is -3.78. The summed E-state index contributed by atoms with van der Waals surface area (Å²) in [4.78, 5) is 27.4. The molecule has 2 heterocycles. The topological polar surface area (TPSA) is 102 Å². The molecular formula is C24H21ClN2O6. The Kier molecular flexibility index (Phi) is 6.11. The van der Waals surface area contributed by atoms with Gasteiger partial charge in [0.2, 0.25) is 0 Å². The maximum atomic E-state index is 13.1. The van der Waals surface area contributed by atoms with Gasteiger partial charge in [-0.25, -0.2) is 0 Å². The number of aliphatic hydroxyl groups excluding tert-OH is 1. The van der Waals surface area contributed by atoms with Crippen LogP contribution in [0.25, 0.3) is 5.76 Å². The van der Waals surface area contributed by atoms with Gasteiger partial charge in [0.05, 0.1) is 25.3 Å². The second kappa shape index (κ2) is 8.99. The van der Waals surface area contributed by atoms with Crippen LogP contribution in [0.1, 0.15) is 29.9 Å². The first-order chi connectivity index (χ1) is 15.8. The summed E-state index contributed by atoms with van der Waals surface area (Å²) in [5.74, 6) is -0.461. The zero-order valence-electron chi connectivity index (χ0n) is 18.2. The van der Waals surface area contributed by atoms with Crippen LogP contribution in [0.3, 0.4) is 0 Å². The molecule has 1 atom stereocenters. The van der Waals surface area contributed by atoms with Gasteiger partial charge in [-0.15, -0.1) is 0 Å². The third-order valence-electron chi connectivity index (χ3n) is 5.23. The fraction of sp³-hybridized carbons (Fsp3) is 0.208. The van der Waals surface area contributed by atoms with E-state index in [0.29, 0.717) is 40.0 Å². The molecular weight excluding hydrogens is 448 g/mol. The third-order valence-corrected chi connectivity index (χ3v) is 5.48. The van der Waals surface area contributed by atoms with E-state index in [9.17, 15) is 14.7 Å². The number of hydrogen-bond donors (Lipinski definition) is 1. The zero-order valence-corrected chi connectivity index (χ0v) is 18.9. The van der Waals surface area contributed by atoms with E-state index < -0.39 is 17.7 Å². The Morgan fingerprint density at radius 1 is 1.15 bits per heavy atom. The predicted molar refractivity (Wildman–Crippen MR) is 122 cm³/mol. The van der Waals surface area contributed by atoms with Crippen molar-refractivity contribution >= 4 is 34.9 Å². The van der Waals surface area contributed by atoms with E-state index in [1.165, 1.54) is 12.0 Å². The number of aliphatic hydroxyl groups is 1. The first-order valence-electron chi connectivity index (χ1n) is 10.2. The summed E-state index contributed by atoms with van der Waals surface area (Å²) in [7, 11) is 1.49. The average Bonchev–Trinajstić information content (AvgIpc) is 3.35. The number of aromatic nitrogens is 1. The maximum Gasteiger partial charge on any atom is 0.301 e. The first kappa shape index (κ1) is 22.4. The normalized spacial score (nSPS) is 17.5. The number of nitrogens with zero attached hydrogens (tertiary/aromatic N) is 2. The van der Waals surface area contributed by atoms with Crippen molar-refractivity contribution in [3.63, 3.8) is 0 Å². The second-order valence-electron chi connectivity index (χ2n) is 7.32. The molecule has 0 radical (unpaired) electrons. The fourth-order valence-electron chi connectivity index (χ4n) is 3.74. The number of anilines is 1. The van der Waals surface area contributed by atoms with Gasteiger partial charge in [0.25, 0.3) is 5.78 Å². The number of carbonyl (C=O) groups is 2. The number of ether oxygens (including phenoxy) is 2. The highest BCUT2D eigenvalue weighted by Gasteiger charge is 2.48. The molecule has 0 saturated carbocycles. The van der Waals surface area contributed by atoms with Gasteiger partial charge in [0, 0.05) is 16.7 Å². The molecule has 33 heavy (non-hydrogen) atoms. The number of aryl methyl sites for hydroxylation is 1. The maximum absolute atomic E-state index is 13.1. The number of ketones is 1. The van der Waals surface area contributed by atoms with Crippen molar-refractivity contribution < 1.29 is 28.7 Å². The van der Waals surface area contributed by atoms with E-state index in [4.69, 9.17) is 25.6 Å². The largest absolute Gasteiger partial charge is 0.507 e. The molecule has 2 aromatic carbocycles. The van der Waals surface area contributed by atoms with E-state index in [1.54, 1.807) is 55.5 Å². The zero-order chi connectivity index (χ0) is 23.7. The van der Waals surface area contributed by atoms with E-state index in [-0.39, 0.29) is 17.2 Å². The molecule has 1 aromatic heterocycles. The van der Waals surface area contributed by atoms with Crippen LogP contribution in [-0.4, -0.2) is 35.7 Å². The van der Waals surface area contributed by atoms with Crippen LogP contribution in [0.2, 0.25) is 5.02 Å². The number of benzene rings is 2. The lowest BCUT2D eigenvalue weighted by molar-refractivity contribution is -0.132. The molecule has 0 bridgehead atoms. The van der Waals surface area contributed by atoms with Crippen molar-refractivity contribution in [1.29, 1.82) is 0 Å². The van der Waals surface area contributed by atoms with Crippen LogP contribution in [0.4, 0.5) is 5.82 Å². The van der Waals surface area contributed by atoms with Gasteiger partial charge in [-0.3, -0.25) is 14.5 Å². The third kappa shape index (κ3) is 4.05. The highest BCUT2D eigenvalue weighted by Crippen LogP contribution is 2.44. The van der Waals surface area contributed by atoms with E-state index in [1.807, 2.05) is 6.92 Å². The average molecular weight is 469 g/mol. The number of carbonyl (C=O) groups excluding carboxylic acids is 2. The molecule has 170 valence electrons. The minimum absolute atomic E-state index is 0.0887. The van der Waals surface area contributed by atoms with Crippen LogP contribution < -0.4 is 14.4 Å². The number of methoxy groups -OCH3 is 1. The number of Topliss-reactive ketones (excluding diaryl/α,β-unsaturated/α-hetero) is 1. The van der Waals surface area contributed by atoms with Gasteiger partial charge < -0.3 is 19.1 Å². The molecule has 1 aliphatic rings. The van der Waals surface area contributed by atoms with Crippen molar-refractivity contribution in [1.82, 2.24) is 5.16 Å². The molecule has 3 aromatic rings. The summed E-state index contributed by atoms with van der Waals surface area (Å²) in [6.07, 6.45) is 0. The molecule has 0 aliphatic carbocycles. The Morgan fingerprint density at radius 2 is 1.88 bits per heavy atom. The fourth-order valence-corrected chi connectivity index (χ4v) is 3.87. The summed E-state index contributed by atoms with van der Waals surface area (Å²) in [5.41, 5.74) is 0.775. The van der Waals surface area contributed by atoms with Gasteiger partial charge in [0.1, 0.15) is 11.5 Å². The minimum Gasteiger partial charge on any atom is -0.507 e. The van der Waals surface area contributed by atoms with Gasteiger partial charge in [-0.1, -0.05) is 22.8 Å². The number of halogens is 1. The molecule has 1 fully saturated rings. The molecule has 1 amide bonds. The quantitative estimate of drug-likeness (QED) is 0.318. The highest BCUT2D eigenvalue weighted by molar-refractivity contribution is 6.51. The number of hydrogen-bond acceptors (Lipinski definition) is 7. The monoisotopic (exact) mass is 468 g/mol. The van der Waals surface area contributed by atoms with Gasteiger partial charge >= 0.3 is 5.91 Å². The van der Waals surface area contributed by atoms with E-state index >= 15 is 0 Å². The van der Waals surface area contributed by atoms with Crippen LogP contribution in [-0.2, 0) is 9.59 Å². The first-order valence-corrected chi connectivity index (χ1v) is 10.5. The Bertz CT molecular complexity index is 1250. The van der Waals surface area contributed by atoms with Crippen molar-refractivity contribution in [2.24, 2.45) is 0 Å². The number of amides is 1. The molecule has 1 aliphatic heterocycles. The molecule has 1 unspecified atom stereocenters. The van der Waals surface area contributed by atoms with Crippen LogP contribution in [0, 0.1) is 6.92 Å². The second-order valence-corrected chi connectivity index (χ2v) is 7.75. The van der Waals surface area contributed by atoms with Gasteiger partial charge in [-0.2, -0.15) is 0 Å². The summed E-state index contributed by atoms with van der Waals surface area (Å²) in [6, 6.07) is 11.9. The molecule has 1 saturated heterocycles. The summed E-state index contributed by atoms with van der Waals surface area (Å²) < 4.78 is 16.2. The summed E-state index contributed by atoms with van der Waals surface area (Å²) in [5, 5.41) is 15.5. The summed E-state index contributed by atoms with van der Waals surface area (Å²) in [6.45, 7) is 3.96. The van der Waals surface area contributed by atoms with Gasteiger partial charge in [0.15, 0.2) is 17.3 Å². The Morgan fingerprint density at radius 3 is 2.48 bits per heavy atom. The molecule has 4 rings (SSSR count). The van der Waals surface area contributed by atoms with E-state index in [0.717, 1.165) is 0 Å². The van der Waals surface area contributed by atoms with Crippen molar-refractivity contribution in [3.05, 3.63) is 76.0 Å². The van der Waals surface area contributed by atoms with Gasteiger partial charge in [-0.05, 0) is 55.8 Å². The standard InChI is InChI=1S/C24H21ClN2O6/c1-4-32-17-10-7-15(12-18(17)31-3)21-20(22(28)14-5-8-16(25)9-6-14)23(29)24(30)27(21)19-11-13(2)33-26-19/h5-12,21,28H,4H2,1-3H3/b22-20-. The SMILES string of the molecule is CCOc1ccc(C2/C(=C(/O)c3ccc(Cl)cc3)C(=O)C(=O)N2c2cc(C)on2)cc1OC. The Balaban J connectivity index is 1.93. The predicted octanol–water partition coefficient (Wildman–Crippen LogP) is 4.67. The lowest BCUT2D eigenvalue weighted by atomic mass is 9.95. The number of rotatable bonds is 6. The van der Waals surface area contributed by atoms with Crippen molar-refractivity contribution in [2.45, 2.75) is 19.9 Å². The lowest BCUT2D eigenvalue weighted by Crippen LogP contribution is -2.29. The minimum atomic E-state index is -0.977. The van der Waals surface area contributed by atoms with Crippen molar-refractivity contribution in [3.8, 4) is 11.5 Å². The molecule has 0 spiro atoms. The highest BCUT2D eigenvalue weighted by atomic mass is 35.5.